The molecule has 3 aromatic carbocycles. The van der Waals surface area contributed by atoms with E-state index in [2.05, 4.69) is 10.5 Å². The molecule has 0 fully saturated rings. The topological polar surface area (TPSA) is 128 Å². The molecule has 0 aromatic heterocycles. The highest BCUT2D eigenvalue weighted by molar-refractivity contribution is 7.87. The summed E-state index contributed by atoms with van der Waals surface area (Å²) < 4.78 is 30.0. The Hall–Kier alpha value is -4.05. The van der Waals surface area contributed by atoms with Gasteiger partial charge in [-0.1, -0.05) is 42.5 Å². The second-order valence-corrected chi connectivity index (χ2v) is 7.41. The number of carbonyl (C=O) groups is 1. The van der Waals surface area contributed by atoms with Crippen molar-refractivity contribution in [2.24, 2.45) is 5.10 Å². The molecule has 0 aliphatic rings. The molecule has 10 heteroatoms. The molecule has 0 saturated heterocycles. The van der Waals surface area contributed by atoms with Crippen molar-refractivity contribution in [1.29, 1.82) is 0 Å². The van der Waals surface area contributed by atoms with E-state index in [1.165, 1.54) is 36.5 Å². The van der Waals surface area contributed by atoms with Crippen LogP contribution in [0.25, 0.3) is 0 Å². The van der Waals surface area contributed by atoms with Gasteiger partial charge in [0.15, 0.2) is 4.90 Å². The van der Waals surface area contributed by atoms with E-state index in [0.29, 0.717) is 11.1 Å². The predicted molar refractivity (Wildman–Crippen MR) is 109 cm³/mol. The Labute approximate surface area is 171 Å². The second kappa shape index (κ2) is 8.97. The minimum atomic E-state index is -4.43. The maximum atomic E-state index is 12.5. The zero-order valence-corrected chi connectivity index (χ0v) is 16.2. The van der Waals surface area contributed by atoms with Crippen molar-refractivity contribution in [3.63, 3.8) is 0 Å². The van der Waals surface area contributed by atoms with Gasteiger partial charge in [-0.3, -0.25) is 14.9 Å². The monoisotopic (exact) mass is 425 g/mol. The van der Waals surface area contributed by atoms with Gasteiger partial charge in [0.05, 0.1) is 11.1 Å². The van der Waals surface area contributed by atoms with Crippen LogP contribution < -0.4 is 9.61 Å². The number of hydrogen-bond donors (Lipinski definition) is 1. The van der Waals surface area contributed by atoms with Gasteiger partial charge < -0.3 is 4.18 Å². The third kappa shape index (κ3) is 5.06. The van der Waals surface area contributed by atoms with Crippen LogP contribution in [0.4, 0.5) is 5.69 Å². The number of nitro benzene ring substituents is 1. The molecule has 30 heavy (non-hydrogen) atoms. The number of hydrazone groups is 1. The Kier molecular flexibility index (Phi) is 6.18. The maximum Gasteiger partial charge on any atom is 0.346 e. The van der Waals surface area contributed by atoms with Crippen LogP contribution in [0.5, 0.6) is 5.75 Å². The summed E-state index contributed by atoms with van der Waals surface area (Å²) in [5.74, 6) is -0.468. The minimum absolute atomic E-state index is 0.0634. The summed E-state index contributed by atoms with van der Waals surface area (Å²) in [4.78, 5) is 21.7. The molecule has 0 radical (unpaired) electrons. The SMILES string of the molecule is O=C(N/N=C\c1cccc(OS(=O)(=O)c2ccccc2[N+](=O)[O-])c1)c1ccccc1. The minimum Gasteiger partial charge on any atom is -0.379 e. The summed E-state index contributed by atoms with van der Waals surface area (Å²) in [6.07, 6.45) is 1.31. The smallest absolute Gasteiger partial charge is 0.346 e. The first-order valence-electron chi connectivity index (χ1n) is 8.53. The molecule has 0 aliphatic carbocycles. The van der Waals surface area contributed by atoms with E-state index >= 15 is 0 Å². The van der Waals surface area contributed by atoms with Gasteiger partial charge in [0.25, 0.3) is 11.6 Å². The van der Waals surface area contributed by atoms with E-state index in [1.54, 1.807) is 36.4 Å². The Balaban J connectivity index is 1.74. The van der Waals surface area contributed by atoms with Crippen molar-refractivity contribution in [2.45, 2.75) is 4.90 Å². The lowest BCUT2D eigenvalue weighted by Crippen LogP contribution is -2.17. The van der Waals surface area contributed by atoms with Crippen molar-refractivity contribution in [2.75, 3.05) is 0 Å². The van der Waals surface area contributed by atoms with Gasteiger partial charge in [-0.2, -0.15) is 13.5 Å². The molecule has 9 nitrogen and oxygen atoms in total. The van der Waals surface area contributed by atoms with Crippen LogP contribution in [0.3, 0.4) is 0 Å². The molecule has 0 unspecified atom stereocenters. The molecule has 3 aromatic rings. The van der Waals surface area contributed by atoms with Gasteiger partial charge in [0, 0.05) is 11.6 Å². The summed E-state index contributed by atoms with van der Waals surface area (Å²) in [6.45, 7) is 0. The Morgan fingerprint density at radius 3 is 2.43 bits per heavy atom. The lowest BCUT2D eigenvalue weighted by atomic mass is 10.2. The van der Waals surface area contributed by atoms with Crippen molar-refractivity contribution in [3.05, 3.63) is 100 Å². The quantitative estimate of drug-likeness (QED) is 0.268. The number of amides is 1. The van der Waals surface area contributed by atoms with Gasteiger partial charge in [-0.15, -0.1) is 0 Å². The highest BCUT2D eigenvalue weighted by Crippen LogP contribution is 2.26. The lowest BCUT2D eigenvalue weighted by molar-refractivity contribution is -0.387. The Morgan fingerprint density at radius 1 is 1.00 bits per heavy atom. The van der Waals surface area contributed by atoms with Crippen molar-refractivity contribution in [3.8, 4) is 5.75 Å². The van der Waals surface area contributed by atoms with Crippen LogP contribution in [0, 0.1) is 10.1 Å². The second-order valence-electron chi connectivity index (χ2n) is 5.90. The fourth-order valence-corrected chi connectivity index (χ4v) is 3.55. The first-order chi connectivity index (χ1) is 14.4. The van der Waals surface area contributed by atoms with E-state index in [4.69, 9.17) is 4.18 Å². The molecular weight excluding hydrogens is 410 g/mol. The van der Waals surface area contributed by atoms with Gasteiger partial charge in [0.1, 0.15) is 5.75 Å². The van der Waals surface area contributed by atoms with Crippen LogP contribution >= 0.6 is 0 Å². The third-order valence-electron chi connectivity index (χ3n) is 3.81. The third-order valence-corrected chi connectivity index (χ3v) is 5.11. The van der Waals surface area contributed by atoms with E-state index in [-0.39, 0.29) is 5.75 Å². The van der Waals surface area contributed by atoms with Crippen LogP contribution in [-0.2, 0) is 10.1 Å². The first-order valence-corrected chi connectivity index (χ1v) is 9.94. The van der Waals surface area contributed by atoms with Crippen LogP contribution in [0.2, 0.25) is 0 Å². The van der Waals surface area contributed by atoms with Gasteiger partial charge in [0.2, 0.25) is 0 Å². The average molecular weight is 425 g/mol. The van der Waals surface area contributed by atoms with E-state index in [9.17, 15) is 23.3 Å². The largest absolute Gasteiger partial charge is 0.379 e. The van der Waals surface area contributed by atoms with Crippen LogP contribution in [0.15, 0.2) is 88.9 Å². The number of benzene rings is 3. The van der Waals surface area contributed by atoms with E-state index < -0.39 is 31.5 Å². The van der Waals surface area contributed by atoms with Crippen molar-refractivity contribution < 1.29 is 22.3 Å². The highest BCUT2D eigenvalue weighted by atomic mass is 32.2. The molecule has 3 rings (SSSR count). The molecular formula is C20H15N3O6S. The maximum absolute atomic E-state index is 12.5. The standard InChI is InChI=1S/C20H15N3O6S/c24-20(16-8-2-1-3-9-16)22-21-14-15-7-6-10-17(13-15)29-30(27,28)19-12-5-4-11-18(19)23(25)26/h1-14H,(H,22,24)/b21-14-. The number of nitrogens with one attached hydrogen (secondary N) is 1. The molecule has 1 amide bonds. The summed E-state index contributed by atoms with van der Waals surface area (Å²) >= 11 is 0. The van der Waals surface area contributed by atoms with Crippen LogP contribution in [0.1, 0.15) is 15.9 Å². The van der Waals surface area contributed by atoms with E-state index in [1.807, 2.05) is 0 Å². The predicted octanol–water partition coefficient (Wildman–Crippen LogP) is 3.13. The van der Waals surface area contributed by atoms with E-state index in [0.717, 1.165) is 12.1 Å². The fraction of sp³-hybridized carbons (Fsp3) is 0. The summed E-state index contributed by atoms with van der Waals surface area (Å²) in [5.41, 5.74) is 2.65. The molecule has 0 saturated carbocycles. The van der Waals surface area contributed by atoms with Crippen molar-refractivity contribution in [1.82, 2.24) is 5.43 Å². The first kappa shape index (κ1) is 20.7. The van der Waals surface area contributed by atoms with Gasteiger partial charge in [-0.05, 0) is 35.9 Å². The Morgan fingerprint density at radius 2 is 1.70 bits per heavy atom. The fourth-order valence-electron chi connectivity index (χ4n) is 2.46. The zero-order chi connectivity index (χ0) is 21.6. The summed E-state index contributed by atoms with van der Waals surface area (Å²) in [6, 6.07) is 19.3. The number of carbonyl (C=O) groups excluding carboxylic acids is 1. The molecule has 0 heterocycles. The number of nitro groups is 1. The zero-order valence-electron chi connectivity index (χ0n) is 15.3. The number of hydrogen-bond acceptors (Lipinski definition) is 7. The number of nitrogens with zero attached hydrogens (tertiary/aromatic N) is 2. The average Bonchev–Trinajstić information content (AvgIpc) is 2.74. The normalized spacial score (nSPS) is 11.2. The van der Waals surface area contributed by atoms with Crippen LogP contribution in [-0.4, -0.2) is 25.5 Å². The van der Waals surface area contributed by atoms with Crippen molar-refractivity contribution >= 4 is 27.9 Å². The molecule has 0 spiro atoms. The highest BCUT2D eigenvalue weighted by Gasteiger charge is 2.27. The molecule has 152 valence electrons. The molecule has 0 atom stereocenters. The summed E-state index contributed by atoms with van der Waals surface area (Å²) in [5, 5.41) is 14.9. The number of rotatable bonds is 7. The number of para-hydroxylation sites is 1. The van der Waals surface area contributed by atoms with Gasteiger partial charge >= 0.3 is 10.1 Å². The van der Waals surface area contributed by atoms with Gasteiger partial charge in [-0.25, -0.2) is 5.43 Å². The molecule has 1 N–H and O–H groups in total. The summed E-state index contributed by atoms with van der Waals surface area (Å²) in [7, 11) is -4.43. The molecule has 0 bridgehead atoms. The lowest BCUT2D eigenvalue weighted by Gasteiger charge is -2.08. The molecule has 0 aliphatic heterocycles. The Bertz CT molecular complexity index is 1210.